The van der Waals surface area contributed by atoms with Gasteiger partial charge in [0.25, 0.3) is 0 Å². The Morgan fingerprint density at radius 1 is 1.21 bits per heavy atom. The zero-order chi connectivity index (χ0) is 18.4. The van der Waals surface area contributed by atoms with Crippen LogP contribution in [0.25, 0.3) is 0 Å². The molecule has 0 bridgehead atoms. The second kappa shape index (κ2) is 8.33. The third kappa shape index (κ3) is 4.83. The molecule has 1 aliphatic rings. The van der Waals surface area contributed by atoms with Gasteiger partial charge in [0, 0.05) is 30.1 Å². The van der Waals surface area contributed by atoms with E-state index in [1.165, 1.54) is 6.20 Å². The van der Waals surface area contributed by atoms with Crippen LogP contribution in [0.15, 0.2) is 16.7 Å². The first-order chi connectivity index (χ1) is 11.2. The fourth-order valence-electron chi connectivity index (χ4n) is 2.33. The molecule has 0 radical (unpaired) electrons. The third-order valence-electron chi connectivity index (χ3n) is 4.72. The van der Waals surface area contributed by atoms with Gasteiger partial charge in [-0.3, -0.25) is 4.99 Å². The van der Waals surface area contributed by atoms with Crippen LogP contribution >= 0.6 is 0 Å². The molecule has 1 aliphatic heterocycles. The maximum absolute atomic E-state index is 9.08. The number of allylic oxidation sites excluding steroid dienone is 1. The van der Waals surface area contributed by atoms with E-state index in [1.807, 2.05) is 34.6 Å². The van der Waals surface area contributed by atoms with E-state index in [9.17, 15) is 0 Å². The standard InChI is InChI=1S/C17H27BN4O2/c1-13(22-10-8-14(11-20)7-6-9-19)15(12-21)18-23-16(2,3)17(4,5)24-18/h12,14H,6-8,10,21H2,1-5H3/b15-12+,22-13-. The number of nitrogens with zero attached hydrogens (tertiary/aromatic N) is 3. The van der Waals surface area contributed by atoms with E-state index in [0.717, 1.165) is 5.71 Å². The Hall–Kier alpha value is -1.83. The van der Waals surface area contributed by atoms with Gasteiger partial charge < -0.3 is 15.0 Å². The molecule has 2 N–H and O–H groups in total. The van der Waals surface area contributed by atoms with E-state index >= 15 is 0 Å². The molecule has 0 spiro atoms. The summed E-state index contributed by atoms with van der Waals surface area (Å²) in [5.41, 5.74) is 6.34. The van der Waals surface area contributed by atoms with Crippen molar-refractivity contribution in [3.05, 3.63) is 11.7 Å². The molecule has 1 rings (SSSR count). The van der Waals surface area contributed by atoms with Gasteiger partial charge in [0.05, 0.1) is 23.3 Å². The van der Waals surface area contributed by atoms with Crippen molar-refractivity contribution in [2.45, 2.75) is 65.1 Å². The van der Waals surface area contributed by atoms with Crippen molar-refractivity contribution in [2.24, 2.45) is 16.6 Å². The minimum absolute atomic E-state index is 0.150. The van der Waals surface area contributed by atoms with Gasteiger partial charge in [-0.05, 0) is 53.7 Å². The van der Waals surface area contributed by atoms with E-state index in [4.69, 9.17) is 25.6 Å². The van der Waals surface area contributed by atoms with Crippen LogP contribution in [-0.2, 0) is 9.31 Å². The fourth-order valence-corrected chi connectivity index (χ4v) is 2.33. The van der Waals surface area contributed by atoms with Crippen LogP contribution in [0, 0.1) is 28.6 Å². The summed E-state index contributed by atoms with van der Waals surface area (Å²) in [5.74, 6) is -0.150. The molecule has 0 aromatic heterocycles. The molecule has 0 aromatic carbocycles. The van der Waals surface area contributed by atoms with Gasteiger partial charge in [-0.25, -0.2) is 0 Å². The smallest absolute Gasteiger partial charge is 0.405 e. The summed E-state index contributed by atoms with van der Waals surface area (Å²) in [7, 11) is -0.547. The Kier molecular flexibility index (Phi) is 7.01. The van der Waals surface area contributed by atoms with Crippen molar-refractivity contribution >= 4 is 12.8 Å². The number of hydrogen-bond donors (Lipinski definition) is 1. The van der Waals surface area contributed by atoms with Gasteiger partial charge in [0.15, 0.2) is 0 Å². The van der Waals surface area contributed by atoms with Crippen LogP contribution < -0.4 is 5.73 Å². The Morgan fingerprint density at radius 2 is 1.79 bits per heavy atom. The number of rotatable bonds is 7. The highest BCUT2D eigenvalue weighted by Gasteiger charge is 2.52. The maximum atomic E-state index is 9.08. The second-order valence-corrected chi connectivity index (χ2v) is 6.99. The summed E-state index contributed by atoms with van der Waals surface area (Å²) < 4.78 is 12.0. The van der Waals surface area contributed by atoms with Crippen LogP contribution in [-0.4, -0.2) is 30.6 Å². The molecule has 0 aromatic rings. The highest BCUT2D eigenvalue weighted by atomic mass is 16.7. The highest BCUT2D eigenvalue weighted by Crippen LogP contribution is 2.38. The first kappa shape index (κ1) is 20.2. The van der Waals surface area contributed by atoms with Crippen LogP contribution in [0.5, 0.6) is 0 Å². The molecule has 1 atom stereocenters. The van der Waals surface area contributed by atoms with E-state index in [0.29, 0.717) is 31.3 Å². The molecule has 0 aliphatic carbocycles. The van der Waals surface area contributed by atoms with Gasteiger partial charge in [0.1, 0.15) is 0 Å². The molecule has 24 heavy (non-hydrogen) atoms. The first-order valence-electron chi connectivity index (χ1n) is 8.24. The molecule has 130 valence electrons. The normalized spacial score (nSPS) is 21.2. The molecule has 1 saturated heterocycles. The summed E-state index contributed by atoms with van der Waals surface area (Å²) >= 11 is 0. The minimum atomic E-state index is -0.547. The molecule has 1 unspecified atom stereocenters. The summed E-state index contributed by atoms with van der Waals surface area (Å²) in [4.78, 5) is 4.51. The van der Waals surface area contributed by atoms with Crippen LogP contribution in [0.4, 0.5) is 0 Å². The largest absolute Gasteiger partial charge is 0.498 e. The Bertz CT molecular complexity index is 568. The number of aliphatic imine (C=N–C) groups is 1. The maximum Gasteiger partial charge on any atom is 0.498 e. The molecule has 1 fully saturated rings. The molecule has 7 heteroatoms. The van der Waals surface area contributed by atoms with E-state index in [2.05, 4.69) is 17.1 Å². The lowest BCUT2D eigenvalue weighted by Crippen LogP contribution is -2.41. The number of hydrogen-bond acceptors (Lipinski definition) is 6. The molecule has 6 nitrogen and oxygen atoms in total. The number of nitriles is 2. The summed E-state index contributed by atoms with van der Waals surface area (Å²) in [6.45, 7) is 10.3. The monoisotopic (exact) mass is 330 g/mol. The van der Waals surface area contributed by atoms with Gasteiger partial charge in [-0.2, -0.15) is 10.5 Å². The van der Waals surface area contributed by atoms with Gasteiger partial charge in [-0.1, -0.05) is 0 Å². The lowest BCUT2D eigenvalue weighted by molar-refractivity contribution is 0.00578. The van der Waals surface area contributed by atoms with Gasteiger partial charge in [-0.15, -0.1) is 0 Å². The van der Waals surface area contributed by atoms with Crippen molar-refractivity contribution in [2.75, 3.05) is 6.54 Å². The van der Waals surface area contributed by atoms with Gasteiger partial charge >= 0.3 is 7.12 Å². The zero-order valence-electron chi connectivity index (χ0n) is 15.3. The summed E-state index contributed by atoms with van der Waals surface area (Å²) in [6.07, 6.45) is 3.07. The zero-order valence-corrected chi connectivity index (χ0v) is 15.3. The van der Waals surface area contributed by atoms with Crippen LogP contribution in [0.1, 0.15) is 53.9 Å². The molecule has 1 heterocycles. The van der Waals surface area contributed by atoms with E-state index < -0.39 is 18.3 Å². The van der Waals surface area contributed by atoms with Crippen molar-refractivity contribution < 1.29 is 9.31 Å². The number of nitrogens with two attached hydrogens (primary N) is 1. The van der Waals surface area contributed by atoms with Crippen molar-refractivity contribution in [1.82, 2.24) is 0 Å². The quantitative estimate of drug-likeness (QED) is 0.571. The average Bonchev–Trinajstić information content (AvgIpc) is 2.71. The topological polar surface area (TPSA) is 104 Å². The SMILES string of the molecule is CC(=N/CCC(C#N)CCC#N)/C(=C\N)B1OC(C)(C)C(C)(C)O1. The Labute approximate surface area is 145 Å². The molecular weight excluding hydrogens is 303 g/mol. The average molecular weight is 330 g/mol. The Morgan fingerprint density at radius 3 is 2.25 bits per heavy atom. The molecule has 0 saturated carbocycles. The summed E-state index contributed by atoms with van der Waals surface area (Å²) in [5, 5.41) is 17.7. The van der Waals surface area contributed by atoms with Crippen molar-refractivity contribution in [3.63, 3.8) is 0 Å². The predicted molar refractivity (Wildman–Crippen MR) is 94.9 cm³/mol. The lowest BCUT2D eigenvalue weighted by atomic mass is 9.76. The second-order valence-electron chi connectivity index (χ2n) is 6.99. The van der Waals surface area contributed by atoms with Gasteiger partial charge in [0.2, 0.25) is 0 Å². The first-order valence-corrected chi connectivity index (χ1v) is 8.24. The highest BCUT2D eigenvalue weighted by molar-refractivity contribution is 6.62. The minimum Gasteiger partial charge on any atom is -0.405 e. The van der Waals surface area contributed by atoms with E-state index in [1.54, 1.807) is 0 Å². The van der Waals surface area contributed by atoms with Crippen LogP contribution in [0.3, 0.4) is 0 Å². The molecular formula is C17H27BN4O2. The molecule has 0 amide bonds. The Balaban J connectivity index is 2.70. The fraction of sp³-hybridized carbons (Fsp3) is 0.706. The third-order valence-corrected chi connectivity index (χ3v) is 4.72. The van der Waals surface area contributed by atoms with Crippen LogP contribution in [0.2, 0.25) is 0 Å². The predicted octanol–water partition coefficient (Wildman–Crippen LogP) is 2.75. The van der Waals surface area contributed by atoms with Crippen molar-refractivity contribution in [1.29, 1.82) is 10.5 Å². The summed E-state index contributed by atoms with van der Waals surface area (Å²) in [6, 6.07) is 4.29. The lowest BCUT2D eigenvalue weighted by Gasteiger charge is -2.32. The van der Waals surface area contributed by atoms with E-state index in [-0.39, 0.29) is 5.92 Å². The van der Waals surface area contributed by atoms with Crippen molar-refractivity contribution in [3.8, 4) is 12.1 Å².